The Bertz CT molecular complexity index is 562. The van der Waals surface area contributed by atoms with Gasteiger partial charge in [-0.15, -0.1) is 0 Å². The predicted molar refractivity (Wildman–Crippen MR) is 79.6 cm³/mol. The van der Waals surface area contributed by atoms with Crippen LogP contribution in [0, 0.1) is 19.8 Å². The van der Waals surface area contributed by atoms with Gasteiger partial charge < -0.3 is 14.3 Å². The summed E-state index contributed by atoms with van der Waals surface area (Å²) in [5.41, 5.74) is 0.332. The molecule has 0 aliphatic carbocycles. The number of rotatable bonds is 8. The van der Waals surface area contributed by atoms with Crippen LogP contribution in [0.3, 0.4) is 0 Å². The first-order valence-electron chi connectivity index (χ1n) is 6.94. The number of furan rings is 1. The third-order valence-corrected chi connectivity index (χ3v) is 5.26. The minimum Gasteiger partial charge on any atom is -0.465 e. The lowest BCUT2D eigenvalue weighted by Gasteiger charge is -2.23. The van der Waals surface area contributed by atoms with Crippen molar-refractivity contribution < 1.29 is 22.7 Å². The van der Waals surface area contributed by atoms with E-state index in [4.69, 9.17) is 9.15 Å². The molecule has 0 saturated heterocycles. The number of aliphatic hydroxyl groups excluding tert-OH is 1. The van der Waals surface area contributed by atoms with E-state index in [0.717, 1.165) is 0 Å². The molecule has 1 heterocycles. The largest absolute Gasteiger partial charge is 0.465 e. The Kier molecular flexibility index (Phi) is 6.40. The molecular weight excluding hydrogens is 294 g/mol. The van der Waals surface area contributed by atoms with Crippen LogP contribution >= 0.6 is 0 Å². The van der Waals surface area contributed by atoms with Gasteiger partial charge in [0.1, 0.15) is 16.4 Å². The highest BCUT2D eigenvalue weighted by Crippen LogP contribution is 2.29. The minimum atomic E-state index is -3.72. The van der Waals surface area contributed by atoms with Gasteiger partial charge in [-0.05, 0) is 19.8 Å². The van der Waals surface area contributed by atoms with Crippen LogP contribution in [0.5, 0.6) is 0 Å². The minimum absolute atomic E-state index is 0.0826. The van der Waals surface area contributed by atoms with Crippen LogP contribution in [-0.4, -0.2) is 44.6 Å². The summed E-state index contributed by atoms with van der Waals surface area (Å²) in [6.07, 6.45) is 0. The van der Waals surface area contributed by atoms with Crippen molar-refractivity contribution in [3.05, 3.63) is 17.1 Å². The smallest absolute Gasteiger partial charge is 0.247 e. The number of sulfonamides is 1. The van der Waals surface area contributed by atoms with E-state index >= 15 is 0 Å². The molecular formula is C14H25NO5S. The molecule has 0 fully saturated rings. The highest BCUT2D eigenvalue weighted by molar-refractivity contribution is 7.89. The fourth-order valence-electron chi connectivity index (χ4n) is 2.27. The molecule has 0 amide bonds. The molecule has 0 spiro atoms. The SMILES string of the molecule is COCCN(CC(C)C)S(=O)(=O)c1c(C)oc(C)c1CO. The standard InChI is InChI=1S/C14H25NO5S/c1-10(2)8-15(6-7-19-5)21(17,18)14-12(4)20-11(3)13(14)9-16/h10,16H,6-9H2,1-5H3. The second-order valence-corrected chi connectivity index (χ2v) is 7.30. The van der Waals surface area contributed by atoms with Gasteiger partial charge in [0.05, 0.1) is 13.2 Å². The van der Waals surface area contributed by atoms with Crippen LogP contribution in [0.25, 0.3) is 0 Å². The maximum atomic E-state index is 12.9. The third-order valence-electron chi connectivity index (χ3n) is 3.19. The van der Waals surface area contributed by atoms with E-state index < -0.39 is 10.0 Å². The van der Waals surface area contributed by atoms with E-state index in [1.807, 2.05) is 13.8 Å². The van der Waals surface area contributed by atoms with E-state index in [1.54, 1.807) is 13.8 Å². The lowest BCUT2D eigenvalue weighted by atomic mass is 10.2. The summed E-state index contributed by atoms with van der Waals surface area (Å²) in [5.74, 6) is 0.926. The zero-order valence-electron chi connectivity index (χ0n) is 13.3. The zero-order valence-corrected chi connectivity index (χ0v) is 14.2. The highest BCUT2D eigenvalue weighted by atomic mass is 32.2. The number of methoxy groups -OCH3 is 1. The average Bonchev–Trinajstić information content (AvgIpc) is 2.68. The van der Waals surface area contributed by atoms with Gasteiger partial charge in [0.25, 0.3) is 0 Å². The molecule has 1 rings (SSSR count). The van der Waals surface area contributed by atoms with Gasteiger partial charge in [-0.25, -0.2) is 8.42 Å². The van der Waals surface area contributed by atoms with E-state index in [-0.39, 0.29) is 24.0 Å². The summed E-state index contributed by atoms with van der Waals surface area (Å²) >= 11 is 0. The molecule has 1 aromatic heterocycles. The lowest BCUT2D eigenvalue weighted by molar-refractivity contribution is 0.175. The Morgan fingerprint density at radius 2 is 1.90 bits per heavy atom. The van der Waals surface area contributed by atoms with Crippen LogP contribution in [0.2, 0.25) is 0 Å². The molecule has 0 saturated carbocycles. The van der Waals surface area contributed by atoms with Crippen molar-refractivity contribution in [2.24, 2.45) is 5.92 Å². The molecule has 0 aliphatic heterocycles. The van der Waals surface area contributed by atoms with Crippen molar-refractivity contribution >= 4 is 10.0 Å². The van der Waals surface area contributed by atoms with Gasteiger partial charge in [-0.2, -0.15) is 4.31 Å². The Balaban J connectivity index is 3.28. The van der Waals surface area contributed by atoms with E-state index in [9.17, 15) is 13.5 Å². The molecule has 6 nitrogen and oxygen atoms in total. The molecule has 0 unspecified atom stereocenters. The maximum absolute atomic E-state index is 12.9. The van der Waals surface area contributed by atoms with Crippen LogP contribution in [-0.2, 0) is 21.4 Å². The molecule has 7 heteroatoms. The summed E-state index contributed by atoms with van der Waals surface area (Å²) in [6, 6.07) is 0. The van der Waals surface area contributed by atoms with E-state index in [2.05, 4.69) is 0 Å². The molecule has 0 atom stereocenters. The van der Waals surface area contributed by atoms with Gasteiger partial charge in [0.15, 0.2) is 0 Å². The number of ether oxygens (including phenoxy) is 1. The summed E-state index contributed by atoms with van der Waals surface area (Å²) in [6.45, 7) is 7.77. The van der Waals surface area contributed by atoms with Gasteiger partial charge in [-0.3, -0.25) is 0 Å². The maximum Gasteiger partial charge on any atom is 0.247 e. The van der Waals surface area contributed by atoms with Gasteiger partial charge in [0, 0.05) is 25.8 Å². The zero-order chi connectivity index (χ0) is 16.2. The molecule has 0 aromatic carbocycles. The first kappa shape index (κ1) is 18.2. The van der Waals surface area contributed by atoms with E-state index in [0.29, 0.717) is 30.2 Å². The Morgan fingerprint density at radius 3 is 2.38 bits per heavy atom. The quantitative estimate of drug-likeness (QED) is 0.788. The summed E-state index contributed by atoms with van der Waals surface area (Å²) < 4.78 is 37.5. The Morgan fingerprint density at radius 1 is 1.29 bits per heavy atom. The highest BCUT2D eigenvalue weighted by Gasteiger charge is 2.32. The van der Waals surface area contributed by atoms with Crippen molar-refractivity contribution in [2.75, 3.05) is 26.8 Å². The van der Waals surface area contributed by atoms with Crippen LogP contribution < -0.4 is 0 Å². The summed E-state index contributed by atoms with van der Waals surface area (Å²) in [5, 5.41) is 9.45. The predicted octanol–water partition coefficient (Wildman–Crippen LogP) is 1.68. The van der Waals surface area contributed by atoms with Crippen molar-refractivity contribution in [2.45, 2.75) is 39.2 Å². The Hall–Kier alpha value is -0.890. The number of nitrogens with zero attached hydrogens (tertiary/aromatic N) is 1. The van der Waals surface area contributed by atoms with Crippen LogP contribution in [0.4, 0.5) is 0 Å². The molecule has 0 bridgehead atoms. The van der Waals surface area contributed by atoms with Crippen LogP contribution in [0.15, 0.2) is 9.31 Å². The van der Waals surface area contributed by atoms with Crippen molar-refractivity contribution in [1.29, 1.82) is 0 Å². The fourth-order valence-corrected chi connectivity index (χ4v) is 4.26. The van der Waals surface area contributed by atoms with Gasteiger partial charge >= 0.3 is 0 Å². The average molecular weight is 319 g/mol. The first-order chi connectivity index (χ1) is 9.75. The summed E-state index contributed by atoms with van der Waals surface area (Å²) in [7, 11) is -2.19. The monoisotopic (exact) mass is 319 g/mol. The fraction of sp³-hybridized carbons (Fsp3) is 0.714. The van der Waals surface area contributed by atoms with Crippen LogP contribution in [0.1, 0.15) is 30.9 Å². The molecule has 1 aromatic rings. The lowest BCUT2D eigenvalue weighted by Crippen LogP contribution is -2.37. The molecule has 122 valence electrons. The second kappa shape index (κ2) is 7.40. The molecule has 21 heavy (non-hydrogen) atoms. The van der Waals surface area contributed by atoms with Crippen molar-refractivity contribution in [3.8, 4) is 0 Å². The number of hydrogen-bond acceptors (Lipinski definition) is 5. The summed E-state index contributed by atoms with van der Waals surface area (Å²) in [4.78, 5) is 0.0826. The third kappa shape index (κ3) is 4.06. The molecule has 1 N–H and O–H groups in total. The van der Waals surface area contributed by atoms with Crippen molar-refractivity contribution in [1.82, 2.24) is 4.31 Å². The van der Waals surface area contributed by atoms with E-state index in [1.165, 1.54) is 11.4 Å². The first-order valence-corrected chi connectivity index (χ1v) is 8.38. The molecule has 0 aliphatic rings. The number of hydrogen-bond donors (Lipinski definition) is 1. The Labute approximate surface area is 126 Å². The topological polar surface area (TPSA) is 80.0 Å². The normalized spacial score (nSPS) is 12.6. The number of aryl methyl sites for hydroxylation is 2. The second-order valence-electron chi connectivity index (χ2n) is 5.43. The van der Waals surface area contributed by atoms with Gasteiger partial charge in [0.2, 0.25) is 10.0 Å². The number of aliphatic hydroxyl groups is 1. The van der Waals surface area contributed by atoms with Crippen molar-refractivity contribution in [3.63, 3.8) is 0 Å². The molecule has 0 radical (unpaired) electrons. The van der Waals surface area contributed by atoms with Gasteiger partial charge in [-0.1, -0.05) is 13.8 Å².